The topological polar surface area (TPSA) is 106 Å². The summed E-state index contributed by atoms with van der Waals surface area (Å²) in [7, 11) is 0. The zero-order valence-electron chi connectivity index (χ0n) is 12.6. The van der Waals surface area contributed by atoms with Crippen LogP contribution in [-0.4, -0.2) is 39.0 Å². The molecule has 4 unspecified atom stereocenters. The molecule has 8 heteroatoms. The Balaban J connectivity index is 1.64. The van der Waals surface area contributed by atoms with Crippen LogP contribution in [-0.2, 0) is 4.84 Å². The summed E-state index contributed by atoms with van der Waals surface area (Å²) >= 11 is 5.95. The smallest absolute Gasteiger partial charge is 0.163 e. The minimum Gasteiger partial charge on any atom is -0.393 e. The normalized spacial score (nSPS) is 28.2. The van der Waals surface area contributed by atoms with Crippen LogP contribution >= 0.6 is 11.6 Å². The molecule has 1 aromatic heterocycles. The number of nitrogens with two attached hydrogens (primary N) is 1. The highest BCUT2D eigenvalue weighted by atomic mass is 35.5. The maximum absolute atomic E-state index is 10.3. The van der Waals surface area contributed by atoms with Gasteiger partial charge in [-0.2, -0.15) is 0 Å². The maximum atomic E-state index is 10.3. The van der Waals surface area contributed by atoms with Gasteiger partial charge in [0.25, 0.3) is 0 Å². The van der Waals surface area contributed by atoms with Crippen molar-refractivity contribution in [2.24, 2.45) is 11.1 Å². The number of aromatic nitrogens is 2. The molecule has 1 fully saturated rings. The Hall–Kier alpha value is -2.38. The predicted molar refractivity (Wildman–Crippen MR) is 90.8 cm³/mol. The van der Waals surface area contributed by atoms with E-state index >= 15 is 0 Å². The van der Waals surface area contributed by atoms with Crippen LogP contribution in [0.4, 0.5) is 11.5 Å². The molecule has 4 atom stereocenters. The summed E-state index contributed by atoms with van der Waals surface area (Å²) in [5.74, 6) is 0.350. The van der Waals surface area contributed by atoms with E-state index in [0.717, 1.165) is 11.3 Å². The van der Waals surface area contributed by atoms with Crippen LogP contribution in [0.15, 0.2) is 41.8 Å². The molecule has 7 nitrogen and oxygen atoms in total. The number of nitrogens with one attached hydrogen (secondary N) is 1. The number of nitrogen functional groups attached to an aromatic ring is 1. The van der Waals surface area contributed by atoms with Gasteiger partial charge in [-0.3, -0.25) is 0 Å². The quantitative estimate of drug-likeness (QED) is 0.731. The van der Waals surface area contributed by atoms with Crippen molar-refractivity contribution < 1.29 is 9.94 Å². The molecule has 0 radical (unpaired) electrons. The molecule has 1 aliphatic carbocycles. The number of benzene rings is 1. The van der Waals surface area contributed by atoms with Gasteiger partial charge in [0.1, 0.15) is 12.0 Å². The van der Waals surface area contributed by atoms with Crippen molar-refractivity contribution >= 4 is 28.8 Å². The van der Waals surface area contributed by atoms with Crippen LogP contribution in [0.5, 0.6) is 0 Å². The van der Waals surface area contributed by atoms with E-state index in [1.807, 2.05) is 30.3 Å². The lowest BCUT2D eigenvalue weighted by Crippen LogP contribution is -2.34. The fourth-order valence-electron chi connectivity index (χ4n) is 3.34. The molecule has 124 valence electrons. The Morgan fingerprint density at radius 3 is 2.83 bits per heavy atom. The minimum absolute atomic E-state index is 0.101. The number of halogens is 1. The molecule has 2 aromatic rings. The number of fused-ring (bicyclic) bond motifs is 1. The number of oxime groups is 1. The number of aliphatic hydroxyl groups excluding tert-OH is 1. The van der Waals surface area contributed by atoms with E-state index in [-0.39, 0.29) is 28.9 Å². The molecule has 1 saturated carbocycles. The molecule has 0 spiro atoms. The first-order chi connectivity index (χ1) is 11.6. The number of hydrogen-bond donors (Lipinski definition) is 3. The van der Waals surface area contributed by atoms with Crippen molar-refractivity contribution in [2.45, 2.75) is 24.7 Å². The third-order valence-corrected chi connectivity index (χ3v) is 4.78. The second-order valence-corrected chi connectivity index (χ2v) is 6.28. The van der Waals surface area contributed by atoms with Crippen molar-refractivity contribution in [1.82, 2.24) is 9.97 Å². The minimum atomic E-state index is -0.615. The van der Waals surface area contributed by atoms with Gasteiger partial charge in [0.15, 0.2) is 17.1 Å². The van der Waals surface area contributed by atoms with E-state index in [4.69, 9.17) is 22.2 Å². The van der Waals surface area contributed by atoms with Gasteiger partial charge in [0.05, 0.1) is 17.7 Å². The van der Waals surface area contributed by atoms with Crippen LogP contribution in [0.1, 0.15) is 12.0 Å². The van der Waals surface area contributed by atoms with Gasteiger partial charge >= 0.3 is 0 Å². The number of anilines is 2. The van der Waals surface area contributed by atoms with Crippen molar-refractivity contribution in [1.29, 1.82) is 0 Å². The number of aliphatic hydroxyl groups is 1. The summed E-state index contributed by atoms with van der Waals surface area (Å²) in [6.07, 6.45) is 0.857. The summed E-state index contributed by atoms with van der Waals surface area (Å²) in [4.78, 5) is 13.5. The molecule has 0 amide bonds. The summed E-state index contributed by atoms with van der Waals surface area (Å²) < 4.78 is 0. The van der Waals surface area contributed by atoms with E-state index in [2.05, 4.69) is 20.4 Å². The second kappa shape index (κ2) is 5.92. The average molecular weight is 346 g/mol. The molecule has 4 N–H and O–H groups in total. The predicted octanol–water partition coefficient (Wildman–Crippen LogP) is 1.68. The molecule has 2 aliphatic rings. The highest BCUT2D eigenvalue weighted by Gasteiger charge is 2.51. The van der Waals surface area contributed by atoms with E-state index < -0.39 is 6.10 Å². The summed E-state index contributed by atoms with van der Waals surface area (Å²) in [5, 5.41) is 18.0. The highest BCUT2D eigenvalue weighted by molar-refractivity contribution is 6.32. The average Bonchev–Trinajstić information content (AvgIpc) is 3.15. The monoisotopic (exact) mass is 345 g/mol. The molecule has 2 heterocycles. The Morgan fingerprint density at radius 1 is 1.25 bits per heavy atom. The first-order valence-corrected chi connectivity index (χ1v) is 8.02. The van der Waals surface area contributed by atoms with Crippen molar-refractivity contribution in [3.8, 4) is 0 Å². The molecule has 1 aliphatic heterocycles. The van der Waals surface area contributed by atoms with Crippen LogP contribution in [0.25, 0.3) is 0 Å². The Morgan fingerprint density at radius 2 is 2.04 bits per heavy atom. The van der Waals surface area contributed by atoms with Crippen molar-refractivity contribution in [3.63, 3.8) is 0 Å². The number of nitrogens with zero attached hydrogens (tertiary/aromatic N) is 3. The standard InChI is InChI=1S/C16H16ClN5O2/c17-15-12(18)16(20-7-19-15)21-9-6-10(23)14-11(9)13(22-24-14)8-4-2-1-3-5-8/h1-5,7,9-11,14,23H,6,18H2,(H,19,20,21). The molecule has 1 aromatic carbocycles. The lowest BCUT2D eigenvalue weighted by atomic mass is 9.91. The molecular weight excluding hydrogens is 330 g/mol. The Labute approximate surface area is 143 Å². The number of hydrogen-bond acceptors (Lipinski definition) is 7. The maximum Gasteiger partial charge on any atom is 0.163 e. The van der Waals surface area contributed by atoms with Gasteiger partial charge < -0.3 is 21.0 Å². The van der Waals surface area contributed by atoms with E-state index in [1.54, 1.807) is 0 Å². The van der Waals surface area contributed by atoms with Crippen LogP contribution in [0.3, 0.4) is 0 Å². The fraction of sp³-hybridized carbons (Fsp3) is 0.312. The lowest BCUT2D eigenvalue weighted by molar-refractivity contribution is -0.0103. The van der Waals surface area contributed by atoms with Gasteiger partial charge in [0, 0.05) is 6.04 Å². The van der Waals surface area contributed by atoms with Crippen molar-refractivity contribution in [3.05, 3.63) is 47.4 Å². The summed E-state index contributed by atoms with van der Waals surface area (Å²) in [5.41, 5.74) is 8.01. The van der Waals surface area contributed by atoms with Crippen LogP contribution in [0, 0.1) is 5.92 Å². The van der Waals surface area contributed by atoms with Gasteiger partial charge in [-0.25, -0.2) is 9.97 Å². The summed E-state index contributed by atoms with van der Waals surface area (Å²) in [6, 6.07) is 9.66. The highest BCUT2D eigenvalue weighted by Crippen LogP contribution is 2.39. The Bertz CT molecular complexity index is 785. The number of rotatable bonds is 3. The van der Waals surface area contributed by atoms with E-state index in [0.29, 0.717) is 12.2 Å². The first-order valence-electron chi connectivity index (χ1n) is 7.65. The van der Waals surface area contributed by atoms with E-state index in [9.17, 15) is 5.11 Å². The van der Waals surface area contributed by atoms with Gasteiger partial charge in [-0.05, 0) is 12.0 Å². The zero-order chi connectivity index (χ0) is 16.7. The third-order valence-electron chi connectivity index (χ3n) is 4.48. The molecule has 4 rings (SSSR count). The third kappa shape index (κ3) is 2.46. The second-order valence-electron chi connectivity index (χ2n) is 5.92. The van der Waals surface area contributed by atoms with Crippen molar-refractivity contribution in [2.75, 3.05) is 11.1 Å². The first kappa shape index (κ1) is 15.2. The molecule has 0 saturated heterocycles. The van der Waals surface area contributed by atoms with E-state index in [1.165, 1.54) is 6.33 Å². The molecule has 24 heavy (non-hydrogen) atoms. The molecule has 0 bridgehead atoms. The summed E-state index contributed by atoms with van der Waals surface area (Å²) in [6.45, 7) is 0. The van der Waals surface area contributed by atoms with Gasteiger partial charge in [-0.15, -0.1) is 0 Å². The van der Waals surface area contributed by atoms with Crippen LogP contribution in [0.2, 0.25) is 5.15 Å². The molecular formula is C16H16ClN5O2. The lowest BCUT2D eigenvalue weighted by Gasteiger charge is -2.21. The SMILES string of the molecule is Nc1c(Cl)ncnc1NC1CC(O)C2ON=C(c3ccccc3)C12. The Kier molecular flexibility index (Phi) is 3.74. The largest absolute Gasteiger partial charge is 0.393 e. The fourth-order valence-corrected chi connectivity index (χ4v) is 3.47. The van der Waals surface area contributed by atoms with Crippen LogP contribution < -0.4 is 11.1 Å². The zero-order valence-corrected chi connectivity index (χ0v) is 13.4. The van der Waals surface area contributed by atoms with Gasteiger partial charge in [0.2, 0.25) is 0 Å². The van der Waals surface area contributed by atoms with Gasteiger partial charge in [-0.1, -0.05) is 47.1 Å².